The summed E-state index contributed by atoms with van der Waals surface area (Å²) in [6.07, 6.45) is -0.734. The molecule has 1 fully saturated rings. The van der Waals surface area contributed by atoms with Crippen LogP contribution in [0.3, 0.4) is 0 Å². The quantitative estimate of drug-likeness (QED) is 0.495. The predicted octanol–water partition coefficient (Wildman–Crippen LogP) is 4.45. The second kappa shape index (κ2) is 12.7. The summed E-state index contributed by atoms with van der Waals surface area (Å²) >= 11 is -0.750. The first-order valence-corrected chi connectivity index (χ1v) is 12.5. The Morgan fingerprint density at radius 3 is 2.27 bits per heavy atom. The van der Waals surface area contributed by atoms with Gasteiger partial charge >= 0.3 is 17.7 Å². The molecule has 0 aliphatic heterocycles. The number of hydrogen-bond acceptors (Lipinski definition) is 5. The number of nitrogens with zero attached hydrogens (tertiary/aromatic N) is 2. The van der Waals surface area contributed by atoms with E-state index in [0.717, 1.165) is 36.5 Å². The van der Waals surface area contributed by atoms with Gasteiger partial charge in [0.25, 0.3) is 5.91 Å². The van der Waals surface area contributed by atoms with Gasteiger partial charge in [-0.2, -0.15) is 21.6 Å². The topological polar surface area (TPSA) is 101 Å². The maximum Gasteiger partial charge on any atom is 0.391 e. The number of carbonyl (C=O) groups excluding carboxylic acids is 1. The molecular formula is C24H30F5N3O4S. The molecule has 0 radical (unpaired) electrons. The zero-order valence-corrected chi connectivity index (χ0v) is 21.5. The Morgan fingerprint density at radius 2 is 1.78 bits per heavy atom. The van der Waals surface area contributed by atoms with Crippen molar-refractivity contribution >= 4 is 17.5 Å². The van der Waals surface area contributed by atoms with Crippen LogP contribution in [0.1, 0.15) is 68.3 Å². The van der Waals surface area contributed by atoms with Gasteiger partial charge in [-0.1, -0.05) is 20.8 Å². The minimum absolute atomic E-state index is 0.0433. The van der Waals surface area contributed by atoms with E-state index in [-0.39, 0.29) is 30.0 Å². The van der Waals surface area contributed by atoms with Crippen molar-refractivity contribution < 1.29 is 40.3 Å². The molecule has 1 atom stereocenters. The lowest BCUT2D eigenvalue weighted by atomic mass is 9.79. The number of benzene rings is 1. The van der Waals surface area contributed by atoms with E-state index in [4.69, 9.17) is 8.42 Å². The van der Waals surface area contributed by atoms with Crippen molar-refractivity contribution in [2.24, 2.45) is 11.8 Å². The maximum absolute atomic E-state index is 14.8. The average molecular weight is 552 g/mol. The highest BCUT2D eigenvalue weighted by Crippen LogP contribution is 2.32. The van der Waals surface area contributed by atoms with E-state index in [9.17, 15) is 31.9 Å². The lowest BCUT2D eigenvalue weighted by Crippen LogP contribution is -2.45. The molecule has 1 aliphatic rings. The number of nitrogens with one attached hydrogen (secondary N) is 1. The van der Waals surface area contributed by atoms with Gasteiger partial charge in [0, 0.05) is 19.2 Å². The number of alkyl halides is 3. The van der Waals surface area contributed by atoms with Gasteiger partial charge in [0.2, 0.25) is 0 Å². The van der Waals surface area contributed by atoms with Crippen molar-refractivity contribution in [3.05, 3.63) is 47.0 Å². The third kappa shape index (κ3) is 8.16. The molecule has 1 aromatic carbocycles. The SMILES string of the molecule is CCc1nc(C(=O)NCC2(O)CCC(C)CC2)cn1-c1c(F)cc(CC(C)C(F)(F)F)cc1F.O=S=O. The Balaban J connectivity index is 0.00000153. The van der Waals surface area contributed by atoms with Gasteiger partial charge in [-0.05, 0) is 55.7 Å². The summed E-state index contributed by atoms with van der Waals surface area (Å²) in [5, 5.41) is 13.3. The largest absolute Gasteiger partial charge is 0.391 e. The third-order valence-electron chi connectivity index (χ3n) is 6.53. The van der Waals surface area contributed by atoms with Gasteiger partial charge in [-0.25, -0.2) is 13.8 Å². The van der Waals surface area contributed by atoms with Crippen molar-refractivity contribution in [3.8, 4) is 5.69 Å². The molecule has 1 aromatic heterocycles. The van der Waals surface area contributed by atoms with E-state index in [1.54, 1.807) is 6.92 Å². The van der Waals surface area contributed by atoms with Gasteiger partial charge in [0.15, 0.2) is 11.6 Å². The van der Waals surface area contributed by atoms with Gasteiger partial charge in [0.1, 0.15) is 17.2 Å². The fourth-order valence-electron chi connectivity index (χ4n) is 4.22. The van der Waals surface area contributed by atoms with Crippen LogP contribution in [0, 0.1) is 23.5 Å². The zero-order chi connectivity index (χ0) is 28.0. The summed E-state index contributed by atoms with van der Waals surface area (Å²) in [6.45, 7) is 4.80. The van der Waals surface area contributed by atoms with E-state index in [2.05, 4.69) is 17.2 Å². The molecule has 7 nitrogen and oxygen atoms in total. The maximum atomic E-state index is 14.8. The van der Waals surface area contributed by atoms with Crippen LogP contribution in [0.4, 0.5) is 22.0 Å². The fourth-order valence-corrected chi connectivity index (χ4v) is 4.22. The number of rotatable bonds is 7. The molecule has 3 rings (SSSR count). The Hall–Kier alpha value is -2.67. The molecule has 1 saturated carbocycles. The fraction of sp³-hybridized carbons (Fsp3) is 0.583. The normalized spacial score (nSPS) is 20.5. The van der Waals surface area contributed by atoms with Gasteiger partial charge in [-0.15, -0.1) is 0 Å². The second-order valence-corrected chi connectivity index (χ2v) is 9.61. The van der Waals surface area contributed by atoms with Crippen LogP contribution < -0.4 is 5.32 Å². The highest BCUT2D eigenvalue weighted by atomic mass is 32.1. The first-order valence-electron chi connectivity index (χ1n) is 11.8. The number of amides is 1. The van der Waals surface area contributed by atoms with Crippen molar-refractivity contribution in [2.75, 3.05) is 6.54 Å². The summed E-state index contributed by atoms with van der Waals surface area (Å²) < 4.78 is 85.8. The third-order valence-corrected chi connectivity index (χ3v) is 6.53. The van der Waals surface area contributed by atoms with Crippen LogP contribution in [0.2, 0.25) is 0 Å². The van der Waals surface area contributed by atoms with Crippen LogP contribution in [0.25, 0.3) is 5.69 Å². The van der Waals surface area contributed by atoms with Crippen molar-refractivity contribution in [1.82, 2.24) is 14.9 Å². The van der Waals surface area contributed by atoms with E-state index in [0.29, 0.717) is 18.8 Å². The number of aryl methyl sites for hydroxylation is 1. The molecule has 0 saturated heterocycles. The highest BCUT2D eigenvalue weighted by Gasteiger charge is 2.36. The Labute approximate surface area is 215 Å². The van der Waals surface area contributed by atoms with Gasteiger partial charge in [-0.3, -0.25) is 9.36 Å². The summed E-state index contributed by atoms with van der Waals surface area (Å²) in [7, 11) is 0. The van der Waals surface area contributed by atoms with Crippen LogP contribution in [-0.4, -0.2) is 47.3 Å². The number of aliphatic hydroxyl groups is 1. The number of imidazole rings is 1. The summed E-state index contributed by atoms with van der Waals surface area (Å²) in [5.41, 5.74) is -1.69. The molecule has 1 heterocycles. The van der Waals surface area contributed by atoms with Crippen molar-refractivity contribution in [3.63, 3.8) is 0 Å². The number of hydrogen-bond donors (Lipinski definition) is 2. The average Bonchev–Trinajstić information content (AvgIpc) is 3.23. The molecular weight excluding hydrogens is 521 g/mol. The zero-order valence-electron chi connectivity index (χ0n) is 20.7. The molecule has 0 bridgehead atoms. The Morgan fingerprint density at radius 1 is 1.24 bits per heavy atom. The summed E-state index contributed by atoms with van der Waals surface area (Å²) in [4.78, 5) is 16.8. The van der Waals surface area contributed by atoms with Gasteiger partial charge < -0.3 is 10.4 Å². The van der Waals surface area contributed by atoms with Crippen molar-refractivity contribution in [1.29, 1.82) is 0 Å². The van der Waals surface area contributed by atoms with E-state index in [1.807, 2.05) is 0 Å². The molecule has 206 valence electrons. The van der Waals surface area contributed by atoms with Crippen molar-refractivity contribution in [2.45, 2.75) is 71.1 Å². The van der Waals surface area contributed by atoms with Crippen LogP contribution in [0.15, 0.2) is 18.3 Å². The molecule has 1 aliphatic carbocycles. The van der Waals surface area contributed by atoms with E-state index < -0.39 is 58.9 Å². The molecule has 1 unspecified atom stereocenters. The molecule has 2 N–H and O–H groups in total. The minimum Gasteiger partial charge on any atom is -0.388 e. The predicted molar refractivity (Wildman–Crippen MR) is 126 cm³/mol. The van der Waals surface area contributed by atoms with E-state index >= 15 is 0 Å². The number of halogens is 5. The first-order chi connectivity index (χ1) is 17.2. The second-order valence-electron chi connectivity index (χ2n) is 9.48. The first kappa shape index (κ1) is 30.6. The van der Waals surface area contributed by atoms with Crippen LogP contribution in [0.5, 0.6) is 0 Å². The Bertz CT molecular complexity index is 1100. The molecule has 2 aromatic rings. The van der Waals surface area contributed by atoms with E-state index in [1.165, 1.54) is 6.20 Å². The van der Waals surface area contributed by atoms with Gasteiger partial charge in [0.05, 0.1) is 11.5 Å². The minimum atomic E-state index is -4.48. The van der Waals surface area contributed by atoms with Crippen LogP contribution >= 0.6 is 0 Å². The lowest BCUT2D eigenvalue weighted by Gasteiger charge is -2.34. The summed E-state index contributed by atoms with van der Waals surface area (Å²) in [5.74, 6) is -3.70. The highest BCUT2D eigenvalue weighted by molar-refractivity contribution is 7.51. The molecule has 13 heteroatoms. The lowest BCUT2D eigenvalue weighted by molar-refractivity contribution is -0.169. The Kier molecular flexibility index (Phi) is 10.5. The molecule has 37 heavy (non-hydrogen) atoms. The smallest absolute Gasteiger partial charge is 0.388 e. The monoisotopic (exact) mass is 551 g/mol. The number of aromatic nitrogens is 2. The number of carbonyl (C=O) groups is 1. The molecule has 0 spiro atoms. The standard InChI is InChI=1S/C24H30F5N3O2.O2S/c1-4-20-31-19(22(33)30-13-23(34)7-5-14(2)6-8-23)12-32(20)21-17(25)10-16(11-18(21)26)9-15(3)24(27,28)29;1-3-2/h10-12,14-15,34H,4-9,13H2,1-3H3,(H,30,33);. The van der Waals surface area contributed by atoms with Crippen LogP contribution in [-0.2, 0) is 24.4 Å². The summed E-state index contributed by atoms with van der Waals surface area (Å²) in [6, 6.07) is 1.75. The molecule has 1 amide bonds.